The Morgan fingerprint density at radius 3 is 2.62 bits per heavy atom. The minimum atomic E-state index is -0.0761. The molecule has 0 spiro atoms. The van der Waals surface area contributed by atoms with Crippen LogP contribution in [-0.2, 0) is 0 Å². The van der Waals surface area contributed by atoms with Crippen molar-refractivity contribution in [3.8, 4) is 5.75 Å². The van der Waals surface area contributed by atoms with Gasteiger partial charge in [0.15, 0.2) is 5.84 Å². The maximum atomic E-state index is 9.50. The quantitative estimate of drug-likeness (QED) is 0.648. The third kappa shape index (κ3) is 3.97. The van der Waals surface area contributed by atoms with Crippen LogP contribution in [0.5, 0.6) is 5.75 Å². The van der Waals surface area contributed by atoms with E-state index < -0.39 is 0 Å². The molecule has 1 N–H and O–H groups in total. The van der Waals surface area contributed by atoms with Gasteiger partial charge in [0.25, 0.3) is 0 Å². The van der Waals surface area contributed by atoms with Crippen LogP contribution in [0, 0.1) is 0 Å². The van der Waals surface area contributed by atoms with E-state index in [0.29, 0.717) is 23.7 Å². The van der Waals surface area contributed by atoms with E-state index in [-0.39, 0.29) is 12.6 Å². The van der Waals surface area contributed by atoms with E-state index in [9.17, 15) is 5.11 Å². The van der Waals surface area contributed by atoms with Crippen LogP contribution < -0.4 is 4.74 Å². The number of aliphatic imine (C=N–C) groups is 1. The van der Waals surface area contributed by atoms with Crippen LogP contribution in [0.2, 0.25) is 5.02 Å². The monoisotopic (exact) mass is 407 g/mol. The lowest BCUT2D eigenvalue weighted by Gasteiger charge is -2.38. The number of methoxy groups -OCH3 is 1. The number of halogens is 1. The Morgan fingerprint density at radius 2 is 1.93 bits per heavy atom. The number of benzene rings is 2. The summed E-state index contributed by atoms with van der Waals surface area (Å²) in [6, 6.07) is 19.8. The second-order valence-corrected chi connectivity index (χ2v) is 7.24. The van der Waals surface area contributed by atoms with Crippen molar-refractivity contribution in [2.45, 2.75) is 12.5 Å². The standard InChI is InChI=1S/C23H22ClN3O2/c1-29-18-9-11-21(25-15-18)23-26-20-10-8-17(24)14-19(20)22(27(23)12-5-13-28)16-6-3-2-4-7-16/h2-4,6-11,14-15,22,28H,5,12-13H2,1H3/t22-/m0/s1. The molecule has 1 atom stereocenters. The van der Waals surface area contributed by atoms with Gasteiger partial charge in [-0.2, -0.15) is 0 Å². The Morgan fingerprint density at radius 1 is 1.10 bits per heavy atom. The van der Waals surface area contributed by atoms with Gasteiger partial charge in [0.05, 0.1) is 25.0 Å². The van der Waals surface area contributed by atoms with Crippen molar-refractivity contribution in [3.05, 3.63) is 88.7 Å². The summed E-state index contributed by atoms with van der Waals surface area (Å²) in [7, 11) is 1.62. The largest absolute Gasteiger partial charge is 0.495 e. The van der Waals surface area contributed by atoms with Crippen molar-refractivity contribution in [2.75, 3.05) is 20.3 Å². The van der Waals surface area contributed by atoms with Crippen molar-refractivity contribution in [2.24, 2.45) is 4.99 Å². The summed E-state index contributed by atoms with van der Waals surface area (Å²) in [5.41, 5.74) is 3.80. The van der Waals surface area contributed by atoms with Crippen molar-refractivity contribution in [3.63, 3.8) is 0 Å². The zero-order valence-electron chi connectivity index (χ0n) is 16.1. The Labute approximate surface area is 175 Å². The lowest BCUT2D eigenvalue weighted by Crippen LogP contribution is -2.39. The third-order valence-corrected chi connectivity index (χ3v) is 5.20. The van der Waals surface area contributed by atoms with E-state index in [0.717, 1.165) is 28.3 Å². The smallest absolute Gasteiger partial charge is 0.156 e. The fourth-order valence-electron chi connectivity index (χ4n) is 3.62. The first-order valence-electron chi connectivity index (χ1n) is 9.52. The molecule has 0 bridgehead atoms. The molecule has 2 heterocycles. The maximum Gasteiger partial charge on any atom is 0.156 e. The van der Waals surface area contributed by atoms with Gasteiger partial charge in [0, 0.05) is 23.7 Å². The lowest BCUT2D eigenvalue weighted by molar-refractivity contribution is 0.254. The van der Waals surface area contributed by atoms with Crippen LogP contribution in [-0.4, -0.2) is 41.1 Å². The van der Waals surface area contributed by atoms with Gasteiger partial charge in [-0.25, -0.2) is 9.98 Å². The Hall–Kier alpha value is -2.89. The molecule has 0 amide bonds. The van der Waals surface area contributed by atoms with Crippen LogP contribution >= 0.6 is 11.6 Å². The number of rotatable bonds is 6. The summed E-state index contributed by atoms with van der Waals surface area (Å²) >= 11 is 6.34. The number of aliphatic hydroxyl groups excluding tert-OH is 1. The number of aliphatic hydroxyl groups is 1. The maximum absolute atomic E-state index is 9.50. The topological polar surface area (TPSA) is 58.0 Å². The zero-order valence-corrected chi connectivity index (χ0v) is 16.9. The predicted octanol–water partition coefficient (Wildman–Crippen LogP) is 4.61. The summed E-state index contributed by atoms with van der Waals surface area (Å²) in [5.74, 6) is 1.46. The Kier molecular flexibility index (Phi) is 5.79. The highest BCUT2D eigenvalue weighted by Gasteiger charge is 2.32. The molecule has 3 aromatic rings. The molecular weight excluding hydrogens is 386 g/mol. The highest BCUT2D eigenvalue weighted by atomic mass is 35.5. The fourth-order valence-corrected chi connectivity index (χ4v) is 3.80. The van der Waals surface area contributed by atoms with Gasteiger partial charge in [-0.1, -0.05) is 41.9 Å². The molecule has 4 rings (SSSR count). The van der Waals surface area contributed by atoms with Crippen molar-refractivity contribution in [1.29, 1.82) is 0 Å². The summed E-state index contributed by atoms with van der Waals surface area (Å²) in [6.45, 7) is 0.734. The summed E-state index contributed by atoms with van der Waals surface area (Å²) in [5, 5.41) is 10.2. The normalized spacial score (nSPS) is 15.6. The van der Waals surface area contributed by atoms with Gasteiger partial charge in [0.2, 0.25) is 0 Å². The molecule has 2 aromatic carbocycles. The molecule has 0 aliphatic carbocycles. The van der Waals surface area contributed by atoms with E-state index >= 15 is 0 Å². The van der Waals surface area contributed by atoms with Crippen LogP contribution in [0.1, 0.15) is 29.3 Å². The number of ether oxygens (including phenoxy) is 1. The first-order valence-corrected chi connectivity index (χ1v) is 9.90. The van der Waals surface area contributed by atoms with E-state index in [2.05, 4.69) is 22.0 Å². The summed E-state index contributed by atoms with van der Waals surface area (Å²) < 4.78 is 5.24. The molecular formula is C23H22ClN3O2. The van der Waals surface area contributed by atoms with Crippen molar-refractivity contribution >= 4 is 23.1 Å². The lowest BCUT2D eigenvalue weighted by atomic mass is 9.93. The average Bonchev–Trinajstić information content (AvgIpc) is 2.77. The van der Waals surface area contributed by atoms with Gasteiger partial charge in [-0.3, -0.25) is 0 Å². The fraction of sp³-hybridized carbons (Fsp3) is 0.217. The number of pyridine rings is 1. The van der Waals surface area contributed by atoms with Crippen molar-refractivity contribution in [1.82, 2.24) is 9.88 Å². The highest BCUT2D eigenvalue weighted by Crippen LogP contribution is 2.41. The predicted molar refractivity (Wildman–Crippen MR) is 115 cm³/mol. The molecule has 0 unspecified atom stereocenters. The molecule has 6 heteroatoms. The van der Waals surface area contributed by atoms with E-state index in [1.54, 1.807) is 13.3 Å². The van der Waals surface area contributed by atoms with Crippen LogP contribution in [0.4, 0.5) is 5.69 Å². The SMILES string of the molecule is COc1ccc(C2=Nc3ccc(Cl)cc3[C@H](c3ccccc3)N2CCCO)nc1. The molecule has 148 valence electrons. The summed E-state index contributed by atoms with van der Waals surface area (Å²) in [4.78, 5) is 11.7. The molecule has 0 radical (unpaired) electrons. The molecule has 0 saturated carbocycles. The van der Waals surface area contributed by atoms with Gasteiger partial charge >= 0.3 is 0 Å². The minimum Gasteiger partial charge on any atom is -0.495 e. The number of nitrogens with zero attached hydrogens (tertiary/aromatic N) is 3. The van der Waals surface area contributed by atoms with Gasteiger partial charge in [-0.15, -0.1) is 0 Å². The minimum absolute atomic E-state index is 0.0761. The Balaban J connectivity index is 1.89. The zero-order chi connectivity index (χ0) is 20.2. The highest BCUT2D eigenvalue weighted by molar-refractivity contribution is 6.30. The molecule has 5 nitrogen and oxygen atoms in total. The first-order chi connectivity index (χ1) is 14.2. The number of hydrogen-bond acceptors (Lipinski definition) is 5. The average molecular weight is 408 g/mol. The molecule has 0 saturated heterocycles. The summed E-state index contributed by atoms with van der Waals surface area (Å²) in [6.07, 6.45) is 2.31. The molecule has 1 aliphatic heterocycles. The van der Waals surface area contributed by atoms with Gasteiger partial charge < -0.3 is 14.7 Å². The first kappa shape index (κ1) is 19.4. The van der Waals surface area contributed by atoms with Gasteiger partial charge in [0.1, 0.15) is 11.4 Å². The van der Waals surface area contributed by atoms with E-state index in [4.69, 9.17) is 21.3 Å². The number of amidine groups is 1. The van der Waals surface area contributed by atoms with E-state index in [1.165, 1.54) is 0 Å². The van der Waals surface area contributed by atoms with Crippen LogP contribution in [0.25, 0.3) is 0 Å². The van der Waals surface area contributed by atoms with Crippen LogP contribution in [0.15, 0.2) is 71.9 Å². The Bertz CT molecular complexity index is 1010. The third-order valence-electron chi connectivity index (χ3n) is 4.97. The van der Waals surface area contributed by atoms with Crippen molar-refractivity contribution < 1.29 is 9.84 Å². The second-order valence-electron chi connectivity index (χ2n) is 6.81. The molecule has 1 aromatic heterocycles. The van der Waals surface area contributed by atoms with Gasteiger partial charge in [-0.05, 0) is 42.3 Å². The number of hydrogen-bond donors (Lipinski definition) is 1. The van der Waals surface area contributed by atoms with E-state index in [1.807, 2.05) is 48.5 Å². The number of fused-ring (bicyclic) bond motifs is 1. The number of aromatic nitrogens is 1. The van der Waals surface area contributed by atoms with Crippen LogP contribution in [0.3, 0.4) is 0 Å². The second kappa shape index (κ2) is 8.64. The molecule has 1 aliphatic rings. The molecule has 29 heavy (non-hydrogen) atoms. The molecule has 0 fully saturated rings.